The quantitative estimate of drug-likeness (QED) is 0.893. The van der Waals surface area contributed by atoms with Gasteiger partial charge >= 0.3 is 0 Å². The van der Waals surface area contributed by atoms with Crippen LogP contribution in [-0.2, 0) is 0 Å². The van der Waals surface area contributed by atoms with Crippen LogP contribution in [-0.4, -0.2) is 12.2 Å². The van der Waals surface area contributed by atoms with Gasteiger partial charge in [-0.2, -0.15) is 0 Å². The van der Waals surface area contributed by atoms with Crippen LogP contribution < -0.4 is 4.74 Å². The molecule has 0 radical (unpaired) electrons. The smallest absolute Gasteiger partial charge is 0.125 e. The monoisotopic (exact) mass is 274 g/mol. The molecule has 2 bridgehead atoms. The molecule has 1 aromatic rings. The number of fused-ring (bicyclic) bond motifs is 2. The molecular formula is C18H26O2. The third kappa shape index (κ3) is 2.46. The van der Waals surface area contributed by atoms with Crippen LogP contribution in [0.4, 0.5) is 0 Å². The minimum Gasteiger partial charge on any atom is -0.496 e. The maximum Gasteiger partial charge on any atom is 0.125 e. The van der Waals surface area contributed by atoms with Crippen molar-refractivity contribution < 1.29 is 9.84 Å². The highest BCUT2D eigenvalue weighted by molar-refractivity contribution is 5.44. The molecule has 1 N–H and O–H groups in total. The van der Waals surface area contributed by atoms with Crippen LogP contribution in [0.25, 0.3) is 0 Å². The van der Waals surface area contributed by atoms with E-state index in [0.717, 1.165) is 35.1 Å². The molecule has 2 aliphatic carbocycles. The Morgan fingerprint density at radius 1 is 1.25 bits per heavy atom. The van der Waals surface area contributed by atoms with E-state index < -0.39 is 0 Å². The number of rotatable bonds is 4. The first-order valence-electron chi connectivity index (χ1n) is 7.91. The summed E-state index contributed by atoms with van der Waals surface area (Å²) in [5, 5.41) is 10.7. The van der Waals surface area contributed by atoms with Gasteiger partial charge in [-0.05, 0) is 74.5 Å². The third-order valence-corrected chi connectivity index (χ3v) is 5.46. The lowest BCUT2D eigenvalue weighted by molar-refractivity contribution is 0.122. The van der Waals surface area contributed by atoms with Gasteiger partial charge in [-0.1, -0.05) is 12.5 Å². The van der Waals surface area contributed by atoms with E-state index in [2.05, 4.69) is 19.9 Å². The molecule has 0 aliphatic heterocycles. The molecule has 1 aromatic carbocycles. The molecule has 2 fully saturated rings. The van der Waals surface area contributed by atoms with Crippen molar-refractivity contribution in [2.75, 3.05) is 7.11 Å². The van der Waals surface area contributed by atoms with Gasteiger partial charge in [0.05, 0.1) is 13.2 Å². The molecule has 2 heteroatoms. The average Bonchev–Trinajstić information content (AvgIpc) is 2.99. The van der Waals surface area contributed by atoms with Crippen molar-refractivity contribution in [3.8, 4) is 5.75 Å². The molecule has 0 aromatic heterocycles. The lowest BCUT2D eigenvalue weighted by atomic mass is 9.83. The van der Waals surface area contributed by atoms with E-state index in [1.165, 1.54) is 31.2 Å². The summed E-state index contributed by atoms with van der Waals surface area (Å²) in [6.45, 7) is 4.15. The summed E-state index contributed by atoms with van der Waals surface area (Å²) in [4.78, 5) is 0. The molecule has 0 saturated heterocycles. The van der Waals surface area contributed by atoms with Crippen LogP contribution in [0.15, 0.2) is 12.1 Å². The Bertz CT molecular complexity index is 494. The Kier molecular flexibility index (Phi) is 3.76. The van der Waals surface area contributed by atoms with Crippen molar-refractivity contribution in [2.24, 2.45) is 17.8 Å². The largest absolute Gasteiger partial charge is 0.496 e. The van der Waals surface area contributed by atoms with Gasteiger partial charge in [0.15, 0.2) is 0 Å². The Hall–Kier alpha value is -1.02. The summed E-state index contributed by atoms with van der Waals surface area (Å²) in [6, 6.07) is 4.17. The fourth-order valence-corrected chi connectivity index (χ4v) is 4.61. The number of hydrogen-bond donors (Lipinski definition) is 1. The van der Waals surface area contributed by atoms with Crippen LogP contribution in [0.5, 0.6) is 5.75 Å². The van der Waals surface area contributed by atoms with Gasteiger partial charge in [0.25, 0.3) is 0 Å². The third-order valence-electron chi connectivity index (χ3n) is 5.46. The SMILES string of the molecule is COc1cc(C)cc(C)c1C(O)CC1CC2CCC1C2. The summed E-state index contributed by atoms with van der Waals surface area (Å²) in [7, 11) is 1.70. The topological polar surface area (TPSA) is 29.5 Å². The van der Waals surface area contributed by atoms with Gasteiger partial charge in [0, 0.05) is 5.56 Å². The molecule has 110 valence electrons. The van der Waals surface area contributed by atoms with Gasteiger partial charge in [0.2, 0.25) is 0 Å². The molecular weight excluding hydrogens is 248 g/mol. The van der Waals surface area contributed by atoms with Crippen molar-refractivity contribution in [3.05, 3.63) is 28.8 Å². The first-order valence-corrected chi connectivity index (χ1v) is 7.91. The predicted molar refractivity (Wildman–Crippen MR) is 81.0 cm³/mol. The minimum atomic E-state index is -0.380. The van der Waals surface area contributed by atoms with Crippen LogP contribution >= 0.6 is 0 Å². The molecule has 3 rings (SSSR count). The highest BCUT2D eigenvalue weighted by atomic mass is 16.5. The standard InChI is InChI=1S/C18H26O2/c1-11-6-12(2)18(17(7-11)20-3)16(19)10-15-9-13-4-5-14(15)8-13/h6-7,13-16,19H,4-5,8-10H2,1-3H3. The fourth-order valence-electron chi connectivity index (χ4n) is 4.61. The van der Waals surface area contributed by atoms with Crippen molar-refractivity contribution in [3.63, 3.8) is 0 Å². The normalized spacial score (nSPS) is 29.7. The van der Waals surface area contributed by atoms with Crippen molar-refractivity contribution in [1.29, 1.82) is 0 Å². The van der Waals surface area contributed by atoms with Gasteiger partial charge in [-0.3, -0.25) is 0 Å². The van der Waals surface area contributed by atoms with E-state index in [9.17, 15) is 5.11 Å². The second-order valence-corrected chi connectivity index (χ2v) is 6.88. The van der Waals surface area contributed by atoms with Crippen molar-refractivity contribution >= 4 is 0 Å². The summed E-state index contributed by atoms with van der Waals surface area (Å²) in [5.74, 6) is 3.37. The molecule has 4 atom stereocenters. The minimum absolute atomic E-state index is 0.380. The first kappa shape index (κ1) is 13.9. The summed E-state index contributed by atoms with van der Waals surface area (Å²) in [6.07, 6.45) is 6.06. The van der Waals surface area contributed by atoms with Gasteiger partial charge < -0.3 is 9.84 Å². The zero-order valence-electron chi connectivity index (χ0n) is 12.9. The van der Waals surface area contributed by atoms with Crippen LogP contribution in [0.2, 0.25) is 0 Å². The lowest BCUT2D eigenvalue weighted by Gasteiger charge is -2.26. The Balaban J connectivity index is 1.78. The summed E-state index contributed by atoms with van der Waals surface area (Å²) in [5.41, 5.74) is 3.34. The molecule has 0 heterocycles. The van der Waals surface area contributed by atoms with E-state index in [0.29, 0.717) is 5.92 Å². The highest BCUT2D eigenvalue weighted by Crippen LogP contribution is 2.51. The first-order chi connectivity index (χ1) is 9.58. The average molecular weight is 274 g/mol. The van der Waals surface area contributed by atoms with Crippen LogP contribution in [0.1, 0.15) is 54.9 Å². The Morgan fingerprint density at radius 3 is 2.65 bits per heavy atom. The molecule has 0 amide bonds. The number of aliphatic hydroxyl groups excluding tert-OH is 1. The number of hydrogen-bond acceptors (Lipinski definition) is 2. The summed E-state index contributed by atoms with van der Waals surface area (Å²) < 4.78 is 5.49. The number of benzene rings is 1. The number of aryl methyl sites for hydroxylation is 2. The molecule has 2 saturated carbocycles. The number of methoxy groups -OCH3 is 1. The fraction of sp³-hybridized carbons (Fsp3) is 0.667. The van der Waals surface area contributed by atoms with Gasteiger partial charge in [-0.25, -0.2) is 0 Å². The van der Waals surface area contributed by atoms with Crippen molar-refractivity contribution in [2.45, 2.75) is 52.1 Å². The summed E-state index contributed by atoms with van der Waals surface area (Å²) >= 11 is 0. The predicted octanol–water partition coefficient (Wildman–Crippen LogP) is 4.17. The van der Waals surface area contributed by atoms with Crippen LogP contribution in [0, 0.1) is 31.6 Å². The Morgan fingerprint density at radius 2 is 2.05 bits per heavy atom. The van der Waals surface area contributed by atoms with E-state index in [1.807, 2.05) is 6.07 Å². The molecule has 2 aliphatic rings. The second-order valence-electron chi connectivity index (χ2n) is 6.88. The van der Waals surface area contributed by atoms with Crippen LogP contribution in [0.3, 0.4) is 0 Å². The highest BCUT2D eigenvalue weighted by Gasteiger charge is 2.40. The van der Waals surface area contributed by atoms with Gasteiger partial charge in [-0.15, -0.1) is 0 Å². The van der Waals surface area contributed by atoms with Gasteiger partial charge in [0.1, 0.15) is 5.75 Å². The molecule has 2 nitrogen and oxygen atoms in total. The zero-order valence-corrected chi connectivity index (χ0v) is 12.9. The zero-order chi connectivity index (χ0) is 14.3. The van der Waals surface area contributed by atoms with E-state index >= 15 is 0 Å². The molecule has 20 heavy (non-hydrogen) atoms. The second kappa shape index (κ2) is 5.40. The van der Waals surface area contributed by atoms with E-state index in [-0.39, 0.29) is 6.10 Å². The Labute approximate surface area is 122 Å². The maximum absolute atomic E-state index is 10.7. The maximum atomic E-state index is 10.7. The lowest BCUT2D eigenvalue weighted by Crippen LogP contribution is -2.15. The van der Waals surface area contributed by atoms with E-state index in [1.54, 1.807) is 7.11 Å². The number of ether oxygens (including phenoxy) is 1. The molecule has 0 spiro atoms. The number of aliphatic hydroxyl groups is 1. The molecule has 4 unspecified atom stereocenters. The van der Waals surface area contributed by atoms with Crippen molar-refractivity contribution in [1.82, 2.24) is 0 Å². The van der Waals surface area contributed by atoms with E-state index in [4.69, 9.17) is 4.74 Å².